The van der Waals surface area contributed by atoms with Crippen molar-refractivity contribution in [3.05, 3.63) is 82.2 Å². The molecule has 1 aliphatic heterocycles. The van der Waals surface area contributed by atoms with Gasteiger partial charge in [0.25, 0.3) is 0 Å². The number of aryl methyl sites for hydroxylation is 3. The van der Waals surface area contributed by atoms with Crippen LogP contribution in [0, 0.1) is 6.92 Å². The first kappa shape index (κ1) is 27.3. The monoisotopic (exact) mass is 529 g/mol. The van der Waals surface area contributed by atoms with Crippen molar-refractivity contribution < 1.29 is 13.9 Å². The van der Waals surface area contributed by atoms with Crippen LogP contribution in [0.1, 0.15) is 73.0 Å². The number of nitrogens with zero attached hydrogens (tertiary/aromatic N) is 3. The van der Waals surface area contributed by atoms with Crippen LogP contribution in [0.15, 0.2) is 48.7 Å². The molecule has 0 bridgehead atoms. The molecule has 206 valence electrons. The number of likely N-dealkylation sites (tertiary alicyclic amines) is 1. The molecule has 5 rings (SSSR count). The van der Waals surface area contributed by atoms with E-state index >= 15 is 0 Å². The zero-order valence-corrected chi connectivity index (χ0v) is 23.5. The number of pyridine rings is 2. The number of fused-ring (bicyclic) bond motifs is 1. The van der Waals surface area contributed by atoms with Crippen molar-refractivity contribution in [3.63, 3.8) is 0 Å². The normalized spacial score (nSPS) is 17.7. The Morgan fingerprint density at radius 3 is 2.64 bits per heavy atom. The van der Waals surface area contributed by atoms with Crippen LogP contribution in [-0.2, 0) is 12.8 Å². The van der Waals surface area contributed by atoms with Crippen LogP contribution < -0.4 is 9.47 Å². The van der Waals surface area contributed by atoms with E-state index in [9.17, 15) is 4.39 Å². The summed E-state index contributed by atoms with van der Waals surface area (Å²) >= 11 is 0. The lowest BCUT2D eigenvalue weighted by molar-refractivity contribution is 0.191. The number of allylic oxidation sites excluding steroid dienone is 1. The highest BCUT2D eigenvalue weighted by molar-refractivity contribution is 6.00. The minimum atomic E-state index is -0.266. The van der Waals surface area contributed by atoms with Gasteiger partial charge in [-0.05, 0) is 86.8 Å². The predicted molar refractivity (Wildman–Crippen MR) is 155 cm³/mol. The zero-order chi connectivity index (χ0) is 27.2. The molecule has 1 atom stereocenters. The van der Waals surface area contributed by atoms with Crippen LogP contribution in [-0.4, -0.2) is 53.9 Å². The topological polar surface area (TPSA) is 47.5 Å². The summed E-state index contributed by atoms with van der Waals surface area (Å²) in [5, 5.41) is 0. The number of hydrogen-bond donors (Lipinski definition) is 0. The van der Waals surface area contributed by atoms with Gasteiger partial charge in [0.1, 0.15) is 6.10 Å². The Balaban J connectivity index is 1.51. The minimum Gasteiger partial charge on any atom is -0.478 e. The Bertz CT molecular complexity index is 1300. The smallest absolute Gasteiger partial charge is 0.213 e. The van der Waals surface area contributed by atoms with Crippen LogP contribution in [0.3, 0.4) is 0 Å². The van der Waals surface area contributed by atoms with Crippen molar-refractivity contribution >= 4 is 11.1 Å². The average molecular weight is 530 g/mol. The van der Waals surface area contributed by atoms with Crippen molar-refractivity contribution in [3.8, 4) is 11.8 Å². The lowest BCUT2D eigenvalue weighted by Gasteiger charge is -2.19. The molecule has 6 heteroatoms. The molecule has 3 heterocycles. The van der Waals surface area contributed by atoms with Crippen molar-refractivity contribution in [2.75, 3.05) is 32.9 Å². The zero-order valence-electron chi connectivity index (χ0n) is 23.5. The molecule has 1 aromatic carbocycles. The molecule has 0 unspecified atom stereocenters. The van der Waals surface area contributed by atoms with Crippen LogP contribution in [0.2, 0.25) is 0 Å². The maximum atomic E-state index is 12.6. The largest absolute Gasteiger partial charge is 0.478 e. The summed E-state index contributed by atoms with van der Waals surface area (Å²) in [6, 6.07) is 15.1. The average Bonchev–Trinajstić information content (AvgIpc) is 3.31. The van der Waals surface area contributed by atoms with E-state index < -0.39 is 0 Å². The van der Waals surface area contributed by atoms with Crippen molar-refractivity contribution in [2.24, 2.45) is 0 Å². The van der Waals surface area contributed by atoms with E-state index in [4.69, 9.17) is 19.4 Å². The van der Waals surface area contributed by atoms with Crippen LogP contribution >= 0.6 is 0 Å². The summed E-state index contributed by atoms with van der Waals surface area (Å²) in [4.78, 5) is 11.9. The minimum absolute atomic E-state index is 0.0985. The van der Waals surface area contributed by atoms with Gasteiger partial charge >= 0.3 is 0 Å². The Kier molecular flexibility index (Phi) is 8.92. The summed E-state index contributed by atoms with van der Waals surface area (Å²) in [5.74, 6) is 1.33. The molecular formula is C33H40FN3O2. The second-order valence-corrected chi connectivity index (χ2v) is 10.6. The predicted octanol–water partition coefficient (Wildman–Crippen LogP) is 6.85. The molecule has 0 spiro atoms. The molecule has 1 fully saturated rings. The van der Waals surface area contributed by atoms with Gasteiger partial charge in [0.15, 0.2) is 0 Å². The highest BCUT2D eigenvalue weighted by Crippen LogP contribution is 2.41. The molecule has 2 aliphatic rings. The number of benzene rings is 1. The van der Waals surface area contributed by atoms with Crippen LogP contribution in [0.4, 0.5) is 4.39 Å². The Morgan fingerprint density at radius 2 is 1.87 bits per heavy atom. The first-order valence-electron chi connectivity index (χ1n) is 14.5. The number of halogens is 1. The van der Waals surface area contributed by atoms with Gasteiger partial charge in [-0.25, -0.2) is 9.97 Å². The number of rotatable bonds is 10. The summed E-state index contributed by atoms with van der Waals surface area (Å²) in [7, 11) is 0. The lowest BCUT2D eigenvalue weighted by Crippen LogP contribution is -2.26. The SMILES string of the molecule is CCOc1ccc(C2=C(c3ccc(O[C@H]4CCN(CCCF)C4)nc3)c3ccc(C)cc3CCC2)c(CC)n1. The summed E-state index contributed by atoms with van der Waals surface area (Å²) in [5.41, 5.74) is 9.86. The van der Waals surface area contributed by atoms with Gasteiger partial charge in [-0.3, -0.25) is 9.29 Å². The fourth-order valence-corrected chi connectivity index (χ4v) is 5.92. The Labute approximate surface area is 232 Å². The van der Waals surface area contributed by atoms with Gasteiger partial charge in [0.05, 0.1) is 19.0 Å². The van der Waals surface area contributed by atoms with Crippen molar-refractivity contribution in [2.45, 2.75) is 65.4 Å². The number of hydrogen-bond acceptors (Lipinski definition) is 5. The molecular weight excluding hydrogens is 489 g/mol. The highest BCUT2D eigenvalue weighted by Gasteiger charge is 2.25. The molecule has 0 amide bonds. The molecule has 1 aliphatic carbocycles. The van der Waals surface area contributed by atoms with Gasteiger partial charge in [-0.1, -0.05) is 30.7 Å². The standard InChI is InChI=1S/C33H40FN3O2/c1-4-30-28(13-15-32(36-30)38-5-2)29-9-6-8-24-20-23(3)10-12-27(24)33(29)25-11-14-31(35-21-25)39-26-16-19-37(22-26)18-7-17-34/h10-15,20-21,26H,4-9,16-19,22H2,1-3H3/t26-/m0/s1. The van der Waals surface area contributed by atoms with Gasteiger partial charge in [-0.2, -0.15) is 0 Å². The Morgan fingerprint density at radius 1 is 1.03 bits per heavy atom. The van der Waals surface area contributed by atoms with E-state index in [2.05, 4.69) is 49.1 Å². The van der Waals surface area contributed by atoms with E-state index in [0.29, 0.717) is 24.8 Å². The second kappa shape index (κ2) is 12.7. The Hall–Kier alpha value is -3.25. The fourth-order valence-electron chi connectivity index (χ4n) is 5.92. The fraction of sp³-hybridized carbons (Fsp3) is 0.455. The molecule has 3 aromatic rings. The van der Waals surface area contributed by atoms with Crippen LogP contribution in [0.25, 0.3) is 11.1 Å². The molecule has 5 nitrogen and oxygen atoms in total. The quantitative estimate of drug-likeness (QED) is 0.287. The third kappa shape index (κ3) is 6.33. The van der Waals surface area contributed by atoms with Gasteiger partial charge < -0.3 is 9.47 Å². The number of aromatic nitrogens is 2. The molecule has 39 heavy (non-hydrogen) atoms. The highest BCUT2D eigenvalue weighted by atomic mass is 19.1. The number of alkyl halides is 1. The first-order valence-corrected chi connectivity index (χ1v) is 14.5. The van der Waals surface area contributed by atoms with Crippen LogP contribution in [0.5, 0.6) is 11.8 Å². The number of ether oxygens (including phenoxy) is 2. The van der Waals surface area contributed by atoms with Crippen molar-refractivity contribution in [1.29, 1.82) is 0 Å². The first-order chi connectivity index (χ1) is 19.1. The molecule has 0 radical (unpaired) electrons. The van der Waals surface area contributed by atoms with E-state index in [1.54, 1.807) is 0 Å². The lowest BCUT2D eigenvalue weighted by atomic mass is 9.87. The third-order valence-corrected chi connectivity index (χ3v) is 7.76. The summed E-state index contributed by atoms with van der Waals surface area (Å²) in [6.07, 6.45) is 7.53. The van der Waals surface area contributed by atoms with E-state index in [-0.39, 0.29) is 12.8 Å². The third-order valence-electron chi connectivity index (χ3n) is 7.76. The van der Waals surface area contributed by atoms with Crippen molar-refractivity contribution in [1.82, 2.24) is 14.9 Å². The molecule has 1 saturated heterocycles. The van der Waals surface area contributed by atoms with E-state index in [1.807, 2.05) is 25.3 Å². The maximum Gasteiger partial charge on any atom is 0.213 e. The summed E-state index contributed by atoms with van der Waals surface area (Å²) in [6.45, 7) is 9.22. The van der Waals surface area contributed by atoms with E-state index in [1.165, 1.54) is 33.4 Å². The second-order valence-electron chi connectivity index (χ2n) is 10.6. The van der Waals surface area contributed by atoms with E-state index in [0.717, 1.165) is 63.0 Å². The van der Waals surface area contributed by atoms with Gasteiger partial charge in [-0.15, -0.1) is 0 Å². The summed E-state index contributed by atoms with van der Waals surface area (Å²) < 4.78 is 24.5. The maximum absolute atomic E-state index is 12.6. The molecule has 0 N–H and O–H groups in total. The molecule has 0 saturated carbocycles. The van der Waals surface area contributed by atoms with Gasteiger partial charge in [0.2, 0.25) is 11.8 Å². The molecule has 2 aromatic heterocycles. The van der Waals surface area contributed by atoms with Gasteiger partial charge in [0, 0.05) is 49.1 Å².